The van der Waals surface area contributed by atoms with Gasteiger partial charge in [-0.3, -0.25) is 14.5 Å². The Morgan fingerprint density at radius 2 is 2.00 bits per heavy atom. The number of benzene rings is 1. The van der Waals surface area contributed by atoms with E-state index >= 15 is 0 Å². The number of aryl methyl sites for hydroxylation is 1. The molecule has 2 aromatic rings. The number of aromatic nitrogens is 1. The Labute approximate surface area is 193 Å². The van der Waals surface area contributed by atoms with E-state index in [0.717, 1.165) is 29.8 Å². The molecule has 2 aliphatic heterocycles. The fourth-order valence-corrected chi connectivity index (χ4v) is 4.83. The highest BCUT2D eigenvalue weighted by Gasteiger charge is 2.38. The molecule has 1 saturated heterocycles. The minimum atomic E-state index is -0.379. The number of likely N-dealkylation sites (tertiary alicyclic amines) is 1. The summed E-state index contributed by atoms with van der Waals surface area (Å²) in [4.78, 5) is 27.9. The molecule has 3 heterocycles. The molecule has 7 nitrogen and oxygen atoms in total. The molecule has 0 saturated carbocycles. The molecule has 0 aliphatic carbocycles. The van der Waals surface area contributed by atoms with Crippen molar-refractivity contribution >= 4 is 29.2 Å². The van der Waals surface area contributed by atoms with Gasteiger partial charge in [0.15, 0.2) is 0 Å². The van der Waals surface area contributed by atoms with E-state index in [1.54, 1.807) is 11.9 Å². The number of nitrogens with zero attached hydrogens (tertiary/aromatic N) is 4. The van der Waals surface area contributed by atoms with E-state index in [2.05, 4.69) is 0 Å². The zero-order chi connectivity index (χ0) is 22.7. The predicted molar refractivity (Wildman–Crippen MR) is 123 cm³/mol. The number of hydrogen-bond donors (Lipinski definition) is 0. The van der Waals surface area contributed by atoms with Gasteiger partial charge in [-0.1, -0.05) is 36.2 Å². The van der Waals surface area contributed by atoms with E-state index in [1.807, 2.05) is 59.1 Å². The lowest BCUT2D eigenvalue weighted by Crippen LogP contribution is -2.49. The van der Waals surface area contributed by atoms with Crippen molar-refractivity contribution in [2.45, 2.75) is 44.7 Å². The maximum atomic E-state index is 13.5. The molecule has 0 spiro atoms. The van der Waals surface area contributed by atoms with Gasteiger partial charge in [0, 0.05) is 35.9 Å². The third-order valence-corrected chi connectivity index (χ3v) is 6.52. The molecule has 0 bridgehead atoms. The fraction of sp³-hybridized carbons (Fsp3) is 0.458. The van der Waals surface area contributed by atoms with Crippen LogP contribution in [0.2, 0.25) is 5.02 Å². The number of carbonyl (C=O) groups is 2. The van der Waals surface area contributed by atoms with Crippen LogP contribution in [-0.2, 0) is 21.4 Å². The monoisotopic (exact) mass is 456 g/mol. The van der Waals surface area contributed by atoms with Crippen LogP contribution in [0.4, 0.5) is 0 Å². The Kier molecular flexibility index (Phi) is 6.96. The Hall–Kier alpha value is -2.64. The number of hydrazone groups is 1. The van der Waals surface area contributed by atoms with Crippen LogP contribution in [0.15, 0.2) is 47.7 Å². The number of rotatable bonds is 6. The van der Waals surface area contributed by atoms with E-state index in [-0.39, 0.29) is 30.5 Å². The quantitative estimate of drug-likeness (QED) is 0.620. The second-order valence-corrected chi connectivity index (χ2v) is 8.67. The summed E-state index contributed by atoms with van der Waals surface area (Å²) in [7, 11) is 1.97. The predicted octanol–water partition coefficient (Wildman–Crippen LogP) is 3.77. The zero-order valence-corrected chi connectivity index (χ0v) is 19.3. The van der Waals surface area contributed by atoms with Crippen LogP contribution >= 0.6 is 11.6 Å². The molecule has 1 amide bonds. The van der Waals surface area contributed by atoms with Gasteiger partial charge >= 0.3 is 5.97 Å². The lowest BCUT2D eigenvalue weighted by Gasteiger charge is -2.34. The number of ether oxygens (including phenoxy) is 1. The summed E-state index contributed by atoms with van der Waals surface area (Å²) in [6, 6.07) is 10.9. The maximum Gasteiger partial charge on any atom is 0.323 e. The van der Waals surface area contributed by atoms with Crippen molar-refractivity contribution in [2.75, 3.05) is 19.7 Å². The normalized spacial score (nSPS) is 21.5. The lowest BCUT2D eigenvalue weighted by atomic mass is 10.0. The summed E-state index contributed by atoms with van der Waals surface area (Å²) in [5.74, 6) is -0.380. The molecule has 32 heavy (non-hydrogen) atoms. The second-order valence-electron chi connectivity index (χ2n) is 8.26. The van der Waals surface area contributed by atoms with Crippen molar-refractivity contribution in [3.8, 4) is 0 Å². The van der Waals surface area contributed by atoms with Crippen LogP contribution in [0.5, 0.6) is 0 Å². The van der Waals surface area contributed by atoms with Gasteiger partial charge in [-0.15, -0.1) is 0 Å². The van der Waals surface area contributed by atoms with Crippen molar-refractivity contribution in [1.82, 2.24) is 14.5 Å². The molecule has 1 aromatic heterocycles. The Morgan fingerprint density at radius 1 is 1.19 bits per heavy atom. The van der Waals surface area contributed by atoms with Crippen molar-refractivity contribution < 1.29 is 14.3 Å². The highest BCUT2D eigenvalue weighted by Crippen LogP contribution is 2.34. The largest absolute Gasteiger partial charge is 0.465 e. The number of piperidine rings is 1. The van der Waals surface area contributed by atoms with E-state index in [9.17, 15) is 9.59 Å². The maximum absolute atomic E-state index is 13.5. The highest BCUT2D eigenvalue weighted by atomic mass is 35.5. The van der Waals surface area contributed by atoms with E-state index < -0.39 is 0 Å². The second kappa shape index (κ2) is 9.88. The Balaban J connectivity index is 1.60. The average molecular weight is 457 g/mol. The van der Waals surface area contributed by atoms with E-state index in [1.165, 1.54) is 0 Å². The average Bonchev–Trinajstić information content (AvgIpc) is 3.40. The van der Waals surface area contributed by atoms with Gasteiger partial charge in [-0.05, 0) is 44.5 Å². The fourth-order valence-electron chi connectivity index (χ4n) is 4.58. The first kappa shape index (κ1) is 22.6. The zero-order valence-electron chi connectivity index (χ0n) is 18.5. The Morgan fingerprint density at radius 3 is 2.72 bits per heavy atom. The Bertz CT molecular complexity index is 1020. The van der Waals surface area contributed by atoms with Crippen LogP contribution in [0.25, 0.3) is 0 Å². The van der Waals surface area contributed by atoms with Crippen molar-refractivity contribution in [3.63, 3.8) is 0 Å². The summed E-state index contributed by atoms with van der Waals surface area (Å²) < 4.78 is 7.26. The van der Waals surface area contributed by atoms with Gasteiger partial charge in [0.1, 0.15) is 12.1 Å². The minimum Gasteiger partial charge on any atom is -0.465 e. The molecule has 1 fully saturated rings. The van der Waals surface area contributed by atoms with Crippen molar-refractivity contribution in [3.05, 3.63) is 58.9 Å². The molecule has 1 aromatic carbocycles. The van der Waals surface area contributed by atoms with E-state index in [0.29, 0.717) is 31.0 Å². The molecule has 2 aliphatic rings. The van der Waals surface area contributed by atoms with E-state index in [4.69, 9.17) is 21.4 Å². The number of hydrogen-bond acceptors (Lipinski definition) is 5. The van der Waals surface area contributed by atoms with Crippen molar-refractivity contribution in [2.24, 2.45) is 12.1 Å². The van der Waals surface area contributed by atoms with Crippen molar-refractivity contribution in [1.29, 1.82) is 0 Å². The summed E-state index contributed by atoms with van der Waals surface area (Å²) in [5, 5.41) is 6.92. The molecular formula is C24H29ClN4O3. The summed E-state index contributed by atoms with van der Waals surface area (Å²) in [6.07, 6.45) is 5.17. The highest BCUT2D eigenvalue weighted by molar-refractivity contribution is 6.34. The standard InChI is InChI=1S/C24H29ClN4O3/c1-3-32-24(31)21-11-6-7-14-28(21)16-23(30)29-22(20-12-8-13-27(20)2)15-19(26-29)17-9-4-5-10-18(17)25/h4-5,8-10,12-13,21-22H,3,6-7,11,14-16H2,1-2H3. The molecule has 2 atom stereocenters. The molecule has 4 rings (SSSR count). The summed E-state index contributed by atoms with van der Waals surface area (Å²) >= 11 is 6.43. The first-order valence-corrected chi connectivity index (χ1v) is 11.5. The third kappa shape index (κ3) is 4.59. The van der Waals surface area contributed by atoms with Gasteiger partial charge in [0.05, 0.1) is 18.9 Å². The lowest BCUT2D eigenvalue weighted by molar-refractivity contribution is -0.152. The van der Waals surface area contributed by atoms with Gasteiger partial charge in [0.2, 0.25) is 0 Å². The first-order valence-electron chi connectivity index (χ1n) is 11.2. The number of carbonyl (C=O) groups excluding carboxylic acids is 2. The van der Waals surface area contributed by atoms with Gasteiger partial charge in [-0.2, -0.15) is 5.10 Å². The van der Waals surface area contributed by atoms with Gasteiger partial charge in [-0.25, -0.2) is 5.01 Å². The van der Waals surface area contributed by atoms with Gasteiger partial charge in [0.25, 0.3) is 5.91 Å². The molecule has 2 unspecified atom stereocenters. The molecule has 170 valence electrons. The van der Waals surface area contributed by atoms with Gasteiger partial charge < -0.3 is 9.30 Å². The topological polar surface area (TPSA) is 67.1 Å². The van der Waals surface area contributed by atoms with Crippen LogP contribution < -0.4 is 0 Å². The smallest absolute Gasteiger partial charge is 0.323 e. The molecule has 8 heteroatoms. The molecule has 0 radical (unpaired) electrons. The minimum absolute atomic E-state index is 0.129. The van der Waals surface area contributed by atoms with Crippen LogP contribution in [0.3, 0.4) is 0 Å². The summed E-state index contributed by atoms with van der Waals surface area (Å²) in [5.41, 5.74) is 2.63. The number of halogens is 1. The van der Waals surface area contributed by atoms with Crippen LogP contribution in [0.1, 0.15) is 49.9 Å². The molecule has 0 N–H and O–H groups in total. The number of amides is 1. The third-order valence-electron chi connectivity index (χ3n) is 6.19. The van der Waals surface area contributed by atoms with Crippen LogP contribution in [-0.4, -0.2) is 57.8 Å². The SMILES string of the molecule is CCOC(=O)C1CCCCN1CC(=O)N1N=C(c2ccccc2Cl)CC1c1cccn1C. The summed E-state index contributed by atoms with van der Waals surface area (Å²) in [6.45, 7) is 2.96. The van der Waals surface area contributed by atoms with Crippen LogP contribution in [0, 0.1) is 0 Å². The first-order chi connectivity index (χ1) is 15.5. The molecular weight excluding hydrogens is 428 g/mol. The number of esters is 1.